The Labute approximate surface area is 320 Å². The Bertz CT molecular complexity index is 1780. The van der Waals surface area contributed by atoms with E-state index in [2.05, 4.69) is 36.2 Å². The van der Waals surface area contributed by atoms with Gasteiger partial charge in [0.15, 0.2) is 0 Å². The van der Waals surface area contributed by atoms with Crippen LogP contribution in [-0.4, -0.2) is 83.0 Å². The first kappa shape index (κ1) is 40.1. The minimum atomic E-state index is -1.30. The third-order valence-corrected chi connectivity index (χ3v) is 10.3. The van der Waals surface area contributed by atoms with E-state index in [1.54, 1.807) is 30.3 Å². The highest BCUT2D eigenvalue weighted by molar-refractivity contribution is 6.34. The highest BCUT2D eigenvalue weighted by Gasteiger charge is 2.28. The van der Waals surface area contributed by atoms with Crippen LogP contribution in [0.1, 0.15) is 40.7 Å². The number of ether oxygens (including phenoxy) is 3. The molecule has 5 rings (SSSR count). The zero-order valence-corrected chi connectivity index (χ0v) is 31.8. The average Bonchev–Trinajstić information content (AvgIpc) is 3.55. The van der Waals surface area contributed by atoms with E-state index in [0.29, 0.717) is 38.7 Å². The van der Waals surface area contributed by atoms with Crippen molar-refractivity contribution in [2.24, 2.45) is 0 Å². The van der Waals surface area contributed by atoms with E-state index < -0.39 is 25.4 Å². The number of aliphatic hydroxyl groups excluding tert-OH is 4. The lowest BCUT2D eigenvalue weighted by Gasteiger charge is -2.29. The van der Waals surface area contributed by atoms with Crippen molar-refractivity contribution in [2.45, 2.75) is 58.1 Å². The first-order chi connectivity index (χ1) is 25.0. The number of nitrogens with one attached hydrogen (secondary N) is 1. The van der Waals surface area contributed by atoms with Crippen LogP contribution >= 0.6 is 34.8 Å². The topological polar surface area (TPSA) is 124 Å². The van der Waals surface area contributed by atoms with Crippen molar-refractivity contribution in [2.75, 3.05) is 46.1 Å². The standard InChI is InChI=1S/C40H47Cl3N2O7/c1-26-29(6-3-7-34(26)35-8-4-9-37(27(35)2)50-13-5-11-45-12-10-33(49)20-45)22-52-39-18-38(51-21-28-14-31(41)17-32(42)15-28)30(16-36(39)43)19-44-40(23-46,24-47)25-48/h3-4,6-9,14-18,33,44,46-49H,5,10-13,19-25H2,1-2H3/t33-/m1/s1. The summed E-state index contributed by atoms with van der Waals surface area (Å²) >= 11 is 19.2. The molecule has 0 unspecified atom stereocenters. The van der Waals surface area contributed by atoms with Gasteiger partial charge in [-0.25, -0.2) is 0 Å². The molecule has 0 saturated carbocycles. The molecular weight excluding hydrogens is 727 g/mol. The molecule has 4 aromatic rings. The lowest BCUT2D eigenvalue weighted by molar-refractivity contribution is 0.0412. The van der Waals surface area contributed by atoms with Crippen molar-refractivity contribution in [3.63, 3.8) is 0 Å². The van der Waals surface area contributed by atoms with Crippen molar-refractivity contribution in [3.8, 4) is 28.4 Å². The molecule has 1 fully saturated rings. The molecule has 0 amide bonds. The van der Waals surface area contributed by atoms with E-state index in [9.17, 15) is 20.4 Å². The fourth-order valence-electron chi connectivity index (χ4n) is 6.25. The summed E-state index contributed by atoms with van der Waals surface area (Å²) in [6.07, 6.45) is 1.51. The number of halogens is 3. The molecule has 1 aliphatic heterocycles. The van der Waals surface area contributed by atoms with Crippen molar-refractivity contribution in [1.82, 2.24) is 10.2 Å². The van der Waals surface area contributed by atoms with Gasteiger partial charge in [-0.15, -0.1) is 0 Å². The summed E-state index contributed by atoms with van der Waals surface area (Å²) in [7, 11) is 0. The normalized spacial score (nSPS) is 14.9. The molecule has 0 aromatic heterocycles. The Morgan fingerprint density at radius 1 is 0.769 bits per heavy atom. The molecule has 1 aliphatic rings. The van der Waals surface area contributed by atoms with Crippen LogP contribution in [0.25, 0.3) is 11.1 Å². The maximum atomic E-state index is 9.83. The molecule has 1 atom stereocenters. The molecule has 5 N–H and O–H groups in total. The Morgan fingerprint density at radius 2 is 1.44 bits per heavy atom. The zero-order valence-electron chi connectivity index (χ0n) is 29.5. The highest BCUT2D eigenvalue weighted by Crippen LogP contribution is 2.37. The first-order valence-electron chi connectivity index (χ1n) is 17.4. The molecule has 1 heterocycles. The smallest absolute Gasteiger partial charge is 0.142 e. The predicted octanol–water partition coefficient (Wildman–Crippen LogP) is 6.73. The van der Waals surface area contributed by atoms with Gasteiger partial charge in [0.05, 0.1) is 43.1 Å². The fraction of sp³-hybridized carbons (Fsp3) is 0.400. The fourth-order valence-corrected chi connectivity index (χ4v) is 7.06. The first-order valence-corrected chi connectivity index (χ1v) is 18.5. The quantitative estimate of drug-likeness (QED) is 0.0701. The van der Waals surface area contributed by atoms with Gasteiger partial charge in [-0.2, -0.15) is 0 Å². The molecule has 280 valence electrons. The molecular formula is C40H47Cl3N2O7. The highest BCUT2D eigenvalue weighted by atomic mass is 35.5. The van der Waals surface area contributed by atoms with Crippen LogP contribution in [0.2, 0.25) is 15.1 Å². The molecule has 9 nitrogen and oxygen atoms in total. The van der Waals surface area contributed by atoms with Crippen LogP contribution in [0.15, 0.2) is 66.7 Å². The van der Waals surface area contributed by atoms with Gasteiger partial charge in [-0.3, -0.25) is 0 Å². The number of likely N-dealkylation sites (tertiary alicyclic amines) is 1. The third kappa shape index (κ3) is 10.3. The van der Waals surface area contributed by atoms with Crippen molar-refractivity contribution < 1.29 is 34.6 Å². The molecule has 4 aromatic carbocycles. The summed E-state index contributed by atoms with van der Waals surface area (Å²) in [5.74, 6) is 1.70. The number of benzene rings is 4. The minimum Gasteiger partial charge on any atom is -0.493 e. The van der Waals surface area contributed by atoms with Gasteiger partial charge in [0.1, 0.15) is 30.5 Å². The van der Waals surface area contributed by atoms with E-state index >= 15 is 0 Å². The van der Waals surface area contributed by atoms with E-state index in [1.807, 2.05) is 24.3 Å². The van der Waals surface area contributed by atoms with Crippen molar-refractivity contribution in [1.29, 1.82) is 0 Å². The maximum Gasteiger partial charge on any atom is 0.142 e. The summed E-state index contributed by atoms with van der Waals surface area (Å²) in [6, 6.07) is 20.8. The van der Waals surface area contributed by atoms with Crippen LogP contribution in [0.4, 0.5) is 0 Å². The molecule has 0 aliphatic carbocycles. The van der Waals surface area contributed by atoms with Gasteiger partial charge in [-0.1, -0.05) is 65.1 Å². The Balaban J connectivity index is 1.32. The van der Waals surface area contributed by atoms with Gasteiger partial charge >= 0.3 is 0 Å². The maximum absolute atomic E-state index is 9.83. The molecule has 0 bridgehead atoms. The Kier molecular flexibility index (Phi) is 14.5. The lowest BCUT2D eigenvalue weighted by Crippen LogP contribution is -2.54. The van der Waals surface area contributed by atoms with E-state index in [0.717, 1.165) is 71.6 Å². The van der Waals surface area contributed by atoms with Gasteiger partial charge in [-0.05, 0) is 90.4 Å². The molecule has 0 radical (unpaired) electrons. The monoisotopic (exact) mass is 772 g/mol. The Morgan fingerprint density at radius 3 is 2.12 bits per heavy atom. The second kappa shape index (κ2) is 18.8. The predicted molar refractivity (Wildman–Crippen MR) is 206 cm³/mol. The second-order valence-corrected chi connectivity index (χ2v) is 14.6. The number of aliphatic hydroxyl groups is 4. The van der Waals surface area contributed by atoms with Gasteiger partial charge < -0.3 is 44.9 Å². The van der Waals surface area contributed by atoms with Crippen LogP contribution < -0.4 is 19.5 Å². The van der Waals surface area contributed by atoms with Crippen LogP contribution in [0, 0.1) is 13.8 Å². The number of hydrogen-bond donors (Lipinski definition) is 5. The zero-order chi connectivity index (χ0) is 37.3. The summed E-state index contributed by atoms with van der Waals surface area (Å²) in [5.41, 5.74) is 5.33. The van der Waals surface area contributed by atoms with E-state index in [-0.39, 0.29) is 25.9 Å². The summed E-state index contributed by atoms with van der Waals surface area (Å²) in [4.78, 5) is 2.28. The summed E-state index contributed by atoms with van der Waals surface area (Å²) < 4.78 is 18.8. The lowest BCUT2D eigenvalue weighted by atomic mass is 9.93. The van der Waals surface area contributed by atoms with Crippen LogP contribution in [0.3, 0.4) is 0 Å². The molecule has 0 spiro atoms. The van der Waals surface area contributed by atoms with Crippen molar-refractivity contribution in [3.05, 3.63) is 110 Å². The minimum absolute atomic E-state index is 0.124. The van der Waals surface area contributed by atoms with E-state index in [4.69, 9.17) is 49.0 Å². The molecule has 1 saturated heterocycles. The van der Waals surface area contributed by atoms with Gasteiger partial charge in [0.25, 0.3) is 0 Å². The van der Waals surface area contributed by atoms with E-state index in [1.165, 1.54) is 0 Å². The average molecular weight is 774 g/mol. The third-order valence-electron chi connectivity index (χ3n) is 9.52. The number of nitrogens with zero attached hydrogens (tertiary/aromatic N) is 1. The largest absolute Gasteiger partial charge is 0.493 e. The van der Waals surface area contributed by atoms with Crippen LogP contribution in [-0.2, 0) is 19.8 Å². The van der Waals surface area contributed by atoms with Gasteiger partial charge in [0, 0.05) is 47.9 Å². The number of β-amino-alcohol motifs (C(OH)–C–C–N with tert-alkyl or cyclic N) is 1. The second-order valence-electron chi connectivity index (χ2n) is 13.3. The number of rotatable bonds is 18. The van der Waals surface area contributed by atoms with Crippen molar-refractivity contribution >= 4 is 34.8 Å². The summed E-state index contributed by atoms with van der Waals surface area (Å²) in [5, 5.41) is 43.6. The SMILES string of the molecule is Cc1c(COc2cc(OCc3cc(Cl)cc(Cl)c3)c(CNC(CO)(CO)CO)cc2Cl)cccc1-c1cccc(OCCCN2CC[C@@H](O)C2)c1C. The Hall–Kier alpha value is -3.09. The van der Waals surface area contributed by atoms with Gasteiger partial charge in [0.2, 0.25) is 0 Å². The number of hydrogen-bond acceptors (Lipinski definition) is 9. The molecule has 12 heteroatoms. The van der Waals surface area contributed by atoms with Crippen LogP contribution in [0.5, 0.6) is 17.2 Å². The summed E-state index contributed by atoms with van der Waals surface area (Å²) in [6.45, 7) is 6.39. The molecule has 52 heavy (non-hydrogen) atoms.